The number of nitrogens with zero attached hydrogens (tertiary/aromatic N) is 4. The minimum Gasteiger partial charge on any atom is -0.381 e. The Balaban J connectivity index is 1.50. The number of halogens is 2. The van der Waals surface area contributed by atoms with E-state index in [9.17, 15) is 4.79 Å². The molecule has 0 atom stereocenters. The minimum atomic E-state index is -0.232. The average Bonchev–Trinajstić information content (AvgIpc) is 3.11. The SMILES string of the molecule is BC1(B)COCC(B)(B)N1CCn1cnc2nc(NCc3ccc(Cl)c(Cl)c3)[nH]c(=O)c21. The minimum absolute atomic E-state index is 0.0928. The summed E-state index contributed by atoms with van der Waals surface area (Å²) in [6.45, 7) is 3.19. The second kappa shape index (κ2) is 8.82. The van der Waals surface area contributed by atoms with Crippen LogP contribution in [0.5, 0.6) is 0 Å². The summed E-state index contributed by atoms with van der Waals surface area (Å²) in [7, 11) is 8.72. The molecule has 0 radical (unpaired) electrons. The van der Waals surface area contributed by atoms with Crippen molar-refractivity contribution in [1.29, 1.82) is 0 Å². The first-order chi connectivity index (χ1) is 15.1. The molecule has 0 bridgehead atoms. The van der Waals surface area contributed by atoms with Crippen LogP contribution in [-0.2, 0) is 17.8 Å². The number of nitrogens with one attached hydrogen (secondary N) is 2. The van der Waals surface area contributed by atoms with Crippen LogP contribution in [0.15, 0.2) is 29.3 Å². The highest BCUT2D eigenvalue weighted by Gasteiger charge is 2.41. The first kappa shape index (κ1) is 23.3. The van der Waals surface area contributed by atoms with Crippen LogP contribution < -0.4 is 10.9 Å². The molecular formula is C18H24B4Cl2N6O2. The number of benzene rings is 1. The van der Waals surface area contributed by atoms with E-state index in [0.29, 0.717) is 53.5 Å². The molecular weight excluding hydrogens is 446 g/mol. The van der Waals surface area contributed by atoms with Gasteiger partial charge in [0.15, 0.2) is 11.2 Å². The molecule has 2 aromatic heterocycles. The summed E-state index contributed by atoms with van der Waals surface area (Å²) in [4.78, 5) is 26.9. The van der Waals surface area contributed by atoms with E-state index in [1.165, 1.54) is 0 Å². The van der Waals surface area contributed by atoms with E-state index in [-0.39, 0.29) is 16.2 Å². The summed E-state index contributed by atoms with van der Waals surface area (Å²) in [6, 6.07) is 5.37. The van der Waals surface area contributed by atoms with Gasteiger partial charge < -0.3 is 19.5 Å². The monoisotopic (exact) mass is 470 g/mol. The number of rotatable bonds is 6. The van der Waals surface area contributed by atoms with E-state index < -0.39 is 0 Å². The van der Waals surface area contributed by atoms with Gasteiger partial charge in [-0.3, -0.25) is 9.78 Å². The Hall–Kier alpha value is -1.87. The number of hydrogen-bond donors (Lipinski definition) is 2. The fourth-order valence-electron chi connectivity index (χ4n) is 4.41. The predicted octanol–water partition coefficient (Wildman–Crippen LogP) is -1.79. The Bertz CT molecular complexity index is 1190. The van der Waals surface area contributed by atoms with Crippen molar-refractivity contribution in [3.63, 3.8) is 0 Å². The summed E-state index contributed by atoms with van der Waals surface area (Å²) in [5.74, 6) is 0.356. The van der Waals surface area contributed by atoms with Crippen LogP contribution in [0, 0.1) is 0 Å². The number of fused-ring (bicyclic) bond motifs is 1. The van der Waals surface area contributed by atoms with Crippen LogP contribution in [0.2, 0.25) is 10.0 Å². The van der Waals surface area contributed by atoms with Crippen molar-refractivity contribution in [2.75, 3.05) is 25.1 Å². The molecule has 3 aromatic rings. The summed E-state index contributed by atoms with van der Waals surface area (Å²) < 4.78 is 7.66. The Morgan fingerprint density at radius 3 is 2.53 bits per heavy atom. The van der Waals surface area contributed by atoms with Crippen LogP contribution in [0.3, 0.4) is 0 Å². The van der Waals surface area contributed by atoms with Crippen molar-refractivity contribution >= 4 is 71.7 Å². The fraction of sp³-hybridized carbons (Fsp3) is 0.389. The number of H-pyrrole nitrogens is 1. The maximum Gasteiger partial charge on any atom is 0.278 e. The van der Waals surface area contributed by atoms with Crippen LogP contribution in [0.4, 0.5) is 5.95 Å². The van der Waals surface area contributed by atoms with Crippen molar-refractivity contribution in [2.24, 2.45) is 0 Å². The zero-order chi connectivity index (χ0) is 23.1. The summed E-state index contributed by atoms with van der Waals surface area (Å²) in [5.41, 5.74) is 1.56. The zero-order valence-electron chi connectivity index (χ0n) is 18.7. The third-order valence-electron chi connectivity index (χ3n) is 5.86. The van der Waals surface area contributed by atoms with Gasteiger partial charge in [0.25, 0.3) is 5.56 Å². The van der Waals surface area contributed by atoms with Crippen molar-refractivity contribution in [3.05, 3.63) is 50.5 Å². The lowest BCUT2D eigenvalue weighted by Gasteiger charge is -2.53. The van der Waals surface area contributed by atoms with Crippen molar-refractivity contribution in [2.45, 2.75) is 23.8 Å². The second-order valence-electron chi connectivity index (χ2n) is 9.40. The van der Waals surface area contributed by atoms with Gasteiger partial charge in [0.1, 0.15) is 31.4 Å². The summed E-state index contributed by atoms with van der Waals surface area (Å²) >= 11 is 12.0. The van der Waals surface area contributed by atoms with E-state index in [0.717, 1.165) is 12.1 Å². The van der Waals surface area contributed by atoms with Crippen molar-refractivity contribution in [3.8, 4) is 0 Å². The molecule has 0 amide bonds. The summed E-state index contributed by atoms with van der Waals surface area (Å²) in [5, 5.41) is 3.91. The smallest absolute Gasteiger partial charge is 0.278 e. The van der Waals surface area contributed by atoms with Crippen LogP contribution in [0.25, 0.3) is 11.2 Å². The molecule has 1 saturated heterocycles. The van der Waals surface area contributed by atoms with Gasteiger partial charge in [-0.05, 0) is 28.4 Å². The number of morpholine rings is 1. The Kier molecular flexibility index (Phi) is 6.42. The lowest BCUT2D eigenvalue weighted by atomic mass is 9.52. The predicted molar refractivity (Wildman–Crippen MR) is 139 cm³/mol. The largest absolute Gasteiger partial charge is 0.381 e. The third kappa shape index (κ3) is 4.73. The van der Waals surface area contributed by atoms with Gasteiger partial charge in [0, 0.05) is 19.6 Å². The van der Waals surface area contributed by atoms with Crippen molar-refractivity contribution < 1.29 is 4.74 Å². The molecule has 14 heteroatoms. The number of aromatic amines is 1. The number of anilines is 1. The molecule has 0 unspecified atom stereocenters. The third-order valence-corrected chi connectivity index (χ3v) is 6.60. The van der Waals surface area contributed by atoms with E-state index in [1.807, 2.05) is 10.6 Å². The van der Waals surface area contributed by atoms with Gasteiger partial charge in [-0.2, -0.15) is 4.98 Å². The van der Waals surface area contributed by atoms with E-state index in [2.05, 4.69) is 56.6 Å². The zero-order valence-corrected chi connectivity index (χ0v) is 20.2. The van der Waals surface area contributed by atoms with E-state index in [4.69, 9.17) is 27.9 Å². The highest BCUT2D eigenvalue weighted by Crippen LogP contribution is 2.24. The maximum absolute atomic E-state index is 12.8. The molecule has 4 rings (SSSR count). The maximum atomic E-state index is 12.8. The van der Waals surface area contributed by atoms with Gasteiger partial charge >= 0.3 is 0 Å². The molecule has 32 heavy (non-hydrogen) atoms. The van der Waals surface area contributed by atoms with Crippen LogP contribution >= 0.6 is 23.2 Å². The molecule has 8 nitrogen and oxygen atoms in total. The number of aromatic nitrogens is 4. The van der Waals surface area contributed by atoms with E-state index in [1.54, 1.807) is 18.5 Å². The Morgan fingerprint density at radius 2 is 1.84 bits per heavy atom. The highest BCUT2D eigenvalue weighted by molar-refractivity contribution is 6.44. The lowest BCUT2D eigenvalue weighted by molar-refractivity contribution is -0.0278. The molecule has 1 aliphatic heterocycles. The fourth-order valence-corrected chi connectivity index (χ4v) is 4.73. The Morgan fingerprint density at radius 1 is 1.12 bits per heavy atom. The molecule has 164 valence electrons. The van der Waals surface area contributed by atoms with Crippen LogP contribution in [-0.4, -0.2) is 86.2 Å². The van der Waals surface area contributed by atoms with Gasteiger partial charge in [-0.15, -0.1) is 0 Å². The topological polar surface area (TPSA) is 88.1 Å². The second-order valence-corrected chi connectivity index (χ2v) is 10.2. The van der Waals surface area contributed by atoms with E-state index >= 15 is 0 Å². The molecule has 0 aliphatic carbocycles. The first-order valence-electron chi connectivity index (χ1n) is 10.6. The van der Waals surface area contributed by atoms with Gasteiger partial charge in [-0.25, -0.2) is 4.98 Å². The molecule has 0 spiro atoms. The summed E-state index contributed by atoms with van der Waals surface area (Å²) in [6.07, 6.45) is 1.68. The molecule has 0 saturated carbocycles. The number of imidazole rings is 1. The molecule has 1 aliphatic rings. The van der Waals surface area contributed by atoms with Gasteiger partial charge in [0.2, 0.25) is 5.95 Å². The first-order valence-corrected chi connectivity index (χ1v) is 11.3. The normalized spacial score (nSPS) is 18.1. The average molecular weight is 471 g/mol. The van der Waals surface area contributed by atoms with Crippen LogP contribution in [0.1, 0.15) is 5.56 Å². The molecule has 2 N–H and O–H groups in total. The van der Waals surface area contributed by atoms with Crippen molar-refractivity contribution in [1.82, 2.24) is 24.4 Å². The lowest BCUT2D eigenvalue weighted by Crippen LogP contribution is -2.70. The van der Waals surface area contributed by atoms with Gasteiger partial charge in [-0.1, -0.05) is 29.3 Å². The number of hydrogen-bond acceptors (Lipinski definition) is 6. The molecule has 1 fully saturated rings. The van der Waals surface area contributed by atoms with Gasteiger partial charge in [0.05, 0.1) is 29.6 Å². The number of ether oxygens (including phenoxy) is 1. The molecule has 1 aromatic carbocycles. The Labute approximate surface area is 200 Å². The highest BCUT2D eigenvalue weighted by atomic mass is 35.5. The standard InChI is InChI=1S/C18H24B4Cl2N6O2/c19-17(20)7-32-8-18(21,22)30(17)4-3-29-9-26-14-13(29)15(31)28-16(27-14)25-6-10-1-2-11(23)12(24)5-10/h1-2,5,9H,3-4,6-8,19-22H2,(H2,25,27,28,31). The molecule has 3 heterocycles. The quantitative estimate of drug-likeness (QED) is 0.414.